The molecule has 4 heteroatoms. The fraction of sp³-hybridized carbons (Fsp3) is 0.889. The van der Waals surface area contributed by atoms with Crippen molar-refractivity contribution in [1.82, 2.24) is 5.32 Å². The first-order chi connectivity index (χ1) is 6.18. The van der Waals surface area contributed by atoms with E-state index < -0.39 is 0 Å². The molecule has 1 heterocycles. The zero-order valence-electron chi connectivity index (χ0n) is 8.21. The van der Waals surface area contributed by atoms with Gasteiger partial charge in [0.25, 0.3) is 0 Å². The van der Waals surface area contributed by atoms with Crippen molar-refractivity contribution in [3.05, 3.63) is 0 Å². The van der Waals surface area contributed by atoms with E-state index in [1.807, 2.05) is 13.8 Å². The van der Waals surface area contributed by atoms with Gasteiger partial charge in [0.1, 0.15) is 0 Å². The zero-order chi connectivity index (χ0) is 9.68. The lowest BCUT2D eigenvalue weighted by Gasteiger charge is -2.23. The summed E-state index contributed by atoms with van der Waals surface area (Å²) in [7, 11) is 0. The Morgan fingerprint density at radius 1 is 1.62 bits per heavy atom. The van der Waals surface area contributed by atoms with Crippen LogP contribution in [0.5, 0.6) is 0 Å². The Morgan fingerprint density at radius 2 is 2.38 bits per heavy atom. The molecule has 1 saturated heterocycles. The van der Waals surface area contributed by atoms with Crippen molar-refractivity contribution >= 4 is 6.09 Å². The second-order valence-corrected chi connectivity index (χ2v) is 3.51. The van der Waals surface area contributed by atoms with Crippen LogP contribution in [-0.4, -0.2) is 31.5 Å². The zero-order valence-corrected chi connectivity index (χ0v) is 8.21. The Hall–Kier alpha value is -0.770. The maximum Gasteiger partial charge on any atom is 0.407 e. The van der Waals surface area contributed by atoms with Crippen LogP contribution in [0.25, 0.3) is 0 Å². The summed E-state index contributed by atoms with van der Waals surface area (Å²) in [6.45, 7) is 5.07. The van der Waals surface area contributed by atoms with Gasteiger partial charge < -0.3 is 14.8 Å². The molecule has 0 saturated carbocycles. The van der Waals surface area contributed by atoms with Crippen LogP contribution < -0.4 is 5.32 Å². The van der Waals surface area contributed by atoms with Crippen LogP contribution in [0.2, 0.25) is 0 Å². The number of nitrogens with one attached hydrogen (secondary N) is 1. The predicted octanol–water partition coefficient (Wildman–Crippen LogP) is 1.30. The highest BCUT2D eigenvalue weighted by Crippen LogP contribution is 2.05. The lowest BCUT2D eigenvalue weighted by atomic mass is 10.1. The molecule has 1 unspecified atom stereocenters. The number of rotatable bonds is 2. The molecule has 1 amide bonds. The summed E-state index contributed by atoms with van der Waals surface area (Å²) in [6, 6.07) is 0.125. The summed E-state index contributed by atoms with van der Waals surface area (Å²) >= 11 is 0. The minimum atomic E-state index is -0.342. The van der Waals surface area contributed by atoms with Gasteiger partial charge in [0.2, 0.25) is 0 Å². The number of carbonyl (C=O) groups excluding carboxylic acids is 1. The lowest BCUT2D eigenvalue weighted by molar-refractivity contribution is 0.0602. The summed E-state index contributed by atoms with van der Waals surface area (Å²) in [5.41, 5.74) is 0. The maximum absolute atomic E-state index is 11.1. The smallest absolute Gasteiger partial charge is 0.407 e. The first-order valence-electron chi connectivity index (χ1n) is 4.73. The van der Waals surface area contributed by atoms with Gasteiger partial charge in [-0.3, -0.25) is 0 Å². The summed E-state index contributed by atoms with van der Waals surface area (Å²) in [4.78, 5) is 11.1. The minimum absolute atomic E-state index is 0.0653. The van der Waals surface area contributed by atoms with E-state index in [9.17, 15) is 4.79 Å². The quantitative estimate of drug-likeness (QED) is 0.708. The highest BCUT2D eigenvalue weighted by Gasteiger charge is 2.16. The molecule has 0 aromatic carbocycles. The Kier molecular flexibility index (Phi) is 4.02. The summed E-state index contributed by atoms with van der Waals surface area (Å²) in [5, 5.41) is 2.76. The average Bonchev–Trinajstić information content (AvgIpc) is 2.04. The Balaban J connectivity index is 2.18. The highest BCUT2D eigenvalue weighted by atomic mass is 16.6. The molecule has 1 N–H and O–H groups in total. The molecule has 0 spiro atoms. The van der Waals surface area contributed by atoms with Gasteiger partial charge in [0, 0.05) is 6.61 Å². The van der Waals surface area contributed by atoms with E-state index >= 15 is 0 Å². The van der Waals surface area contributed by atoms with Crippen LogP contribution in [0.3, 0.4) is 0 Å². The Labute approximate surface area is 78.6 Å². The van der Waals surface area contributed by atoms with Crippen LogP contribution in [0.1, 0.15) is 26.7 Å². The number of carbonyl (C=O) groups is 1. The van der Waals surface area contributed by atoms with E-state index in [1.54, 1.807) is 0 Å². The molecule has 4 nitrogen and oxygen atoms in total. The van der Waals surface area contributed by atoms with Crippen LogP contribution >= 0.6 is 0 Å². The number of alkyl carbamates (subject to hydrolysis) is 1. The second-order valence-electron chi connectivity index (χ2n) is 3.51. The van der Waals surface area contributed by atoms with E-state index in [4.69, 9.17) is 9.47 Å². The van der Waals surface area contributed by atoms with E-state index in [2.05, 4.69) is 5.32 Å². The lowest BCUT2D eigenvalue weighted by Crippen LogP contribution is -2.41. The van der Waals surface area contributed by atoms with Gasteiger partial charge >= 0.3 is 6.09 Å². The molecule has 1 aliphatic heterocycles. The van der Waals surface area contributed by atoms with Crippen molar-refractivity contribution in [2.75, 3.05) is 13.2 Å². The normalized spacial score (nSPS) is 22.8. The van der Waals surface area contributed by atoms with Gasteiger partial charge in [-0.05, 0) is 26.7 Å². The summed E-state index contributed by atoms with van der Waals surface area (Å²) in [5.74, 6) is 0. The molecular weight excluding hydrogens is 170 g/mol. The van der Waals surface area contributed by atoms with Gasteiger partial charge in [-0.2, -0.15) is 0 Å². The molecular formula is C9H17NO3. The number of amides is 1. The van der Waals surface area contributed by atoms with E-state index in [-0.39, 0.29) is 18.2 Å². The Morgan fingerprint density at radius 3 is 2.92 bits per heavy atom. The summed E-state index contributed by atoms with van der Waals surface area (Å²) in [6.07, 6.45) is 1.58. The van der Waals surface area contributed by atoms with Crippen molar-refractivity contribution in [2.45, 2.75) is 38.8 Å². The minimum Gasteiger partial charge on any atom is -0.447 e. The molecule has 0 aromatic heterocycles. The first-order valence-corrected chi connectivity index (χ1v) is 4.73. The van der Waals surface area contributed by atoms with Crippen molar-refractivity contribution < 1.29 is 14.3 Å². The van der Waals surface area contributed by atoms with Crippen molar-refractivity contribution in [1.29, 1.82) is 0 Å². The van der Waals surface area contributed by atoms with E-state index in [0.29, 0.717) is 6.61 Å². The molecule has 76 valence electrons. The standard InChI is InChI=1S/C9H17NO3/c1-7(2)13-9(11)10-8-4-3-5-12-6-8/h7-8H,3-6H2,1-2H3,(H,10,11). The van der Waals surface area contributed by atoms with E-state index in [1.165, 1.54) is 0 Å². The van der Waals surface area contributed by atoms with Gasteiger partial charge in [-0.15, -0.1) is 0 Å². The first kappa shape index (κ1) is 10.3. The second kappa shape index (κ2) is 5.07. The van der Waals surface area contributed by atoms with Crippen LogP contribution in [-0.2, 0) is 9.47 Å². The SMILES string of the molecule is CC(C)OC(=O)NC1CCCOC1. The number of ether oxygens (including phenoxy) is 2. The molecule has 0 aromatic rings. The molecule has 13 heavy (non-hydrogen) atoms. The van der Waals surface area contributed by atoms with Crippen molar-refractivity contribution in [3.63, 3.8) is 0 Å². The Bertz CT molecular complexity index is 164. The van der Waals surface area contributed by atoms with Gasteiger partial charge in [0.05, 0.1) is 18.8 Å². The van der Waals surface area contributed by atoms with E-state index in [0.717, 1.165) is 19.4 Å². The maximum atomic E-state index is 11.1. The van der Waals surface area contributed by atoms with Crippen LogP contribution in [0.15, 0.2) is 0 Å². The predicted molar refractivity (Wildman–Crippen MR) is 48.6 cm³/mol. The number of hydrogen-bond donors (Lipinski definition) is 1. The van der Waals surface area contributed by atoms with Crippen LogP contribution in [0, 0.1) is 0 Å². The monoisotopic (exact) mass is 187 g/mol. The molecule has 0 bridgehead atoms. The fourth-order valence-corrected chi connectivity index (χ4v) is 1.27. The molecule has 1 fully saturated rings. The molecule has 1 aliphatic rings. The van der Waals surface area contributed by atoms with Crippen molar-refractivity contribution in [2.24, 2.45) is 0 Å². The molecule has 0 aliphatic carbocycles. The van der Waals surface area contributed by atoms with Gasteiger partial charge in [-0.25, -0.2) is 4.79 Å². The number of hydrogen-bond acceptors (Lipinski definition) is 3. The van der Waals surface area contributed by atoms with Crippen LogP contribution in [0.4, 0.5) is 4.79 Å². The third kappa shape index (κ3) is 4.12. The fourth-order valence-electron chi connectivity index (χ4n) is 1.27. The summed E-state index contributed by atoms with van der Waals surface area (Å²) < 4.78 is 10.2. The molecule has 1 rings (SSSR count). The molecule has 1 atom stereocenters. The molecule has 0 radical (unpaired) electrons. The highest BCUT2D eigenvalue weighted by molar-refractivity contribution is 5.67. The van der Waals surface area contributed by atoms with Gasteiger partial charge in [0.15, 0.2) is 0 Å². The van der Waals surface area contributed by atoms with Gasteiger partial charge in [-0.1, -0.05) is 0 Å². The topological polar surface area (TPSA) is 47.6 Å². The largest absolute Gasteiger partial charge is 0.447 e. The third-order valence-electron chi connectivity index (χ3n) is 1.83. The third-order valence-corrected chi connectivity index (χ3v) is 1.83. The van der Waals surface area contributed by atoms with Crippen molar-refractivity contribution in [3.8, 4) is 0 Å². The average molecular weight is 187 g/mol.